The van der Waals surface area contributed by atoms with Crippen molar-refractivity contribution in [2.24, 2.45) is 5.92 Å². The number of aromatic nitrogens is 1. The average Bonchev–Trinajstić information content (AvgIpc) is 3.28. The maximum atomic E-state index is 15.1. The first-order valence-electron chi connectivity index (χ1n) is 20.7. The van der Waals surface area contributed by atoms with E-state index >= 15 is 4.57 Å². The standard InChI is InChI=1S/C30H20OP.C27H26N.Ir/c31-32(28-16-13-22-7-1-4-10-25(22)19-28,29-17-14-23-8-2-5-11-26(23)20-29)30-18-15-24-9-3-6-12-27(24)21-30;1-18(2)14-25-23(21-8-6-5-7-9-21)10-13-27-24(25)11-12-26(28-27)22-16-19(3)15-20(4)17-22;/h1-17,19-21H;5-13,15-16,18H,14H2,1-4H3;/q2*-1;. The van der Waals surface area contributed by atoms with Crippen molar-refractivity contribution in [2.75, 3.05) is 0 Å². The van der Waals surface area contributed by atoms with Gasteiger partial charge in [-0.05, 0) is 74.5 Å². The van der Waals surface area contributed by atoms with Gasteiger partial charge in [0.15, 0.2) is 0 Å². The Morgan fingerprint density at radius 3 is 1.75 bits per heavy atom. The number of hydrogen-bond acceptors (Lipinski definition) is 2. The SMILES string of the molecule is Cc1[c-]c(-c2ccc3c(CC(C)C)c(-c4ccccc4)ccc3n2)cc(C)c1.O=P(c1[c-]cc2ccccc2c1)(c1ccc2ccccc2c1)c1ccc2ccccc2c1.[Ir]. The van der Waals surface area contributed by atoms with Gasteiger partial charge in [0.25, 0.3) is 0 Å². The molecule has 0 unspecified atom stereocenters. The van der Waals surface area contributed by atoms with Gasteiger partial charge in [-0.15, -0.1) is 51.7 Å². The predicted molar refractivity (Wildman–Crippen MR) is 257 cm³/mol. The molecule has 4 heteroatoms. The zero-order chi connectivity index (χ0) is 41.2. The number of hydrogen-bond donors (Lipinski definition) is 0. The molecule has 10 rings (SSSR count). The Morgan fingerprint density at radius 2 is 1.15 bits per heavy atom. The quantitative estimate of drug-likeness (QED) is 0.118. The van der Waals surface area contributed by atoms with Gasteiger partial charge in [0.05, 0.1) is 5.52 Å². The van der Waals surface area contributed by atoms with Crippen LogP contribution in [0, 0.1) is 31.9 Å². The number of fused-ring (bicyclic) bond motifs is 4. The van der Waals surface area contributed by atoms with Crippen molar-refractivity contribution >= 4 is 66.3 Å². The van der Waals surface area contributed by atoms with E-state index in [1.54, 1.807) is 0 Å². The molecule has 0 amide bonds. The predicted octanol–water partition coefficient (Wildman–Crippen LogP) is 13.8. The molecular formula is C57H46IrNOP-2. The Balaban J connectivity index is 0.000000167. The molecule has 0 saturated heterocycles. The van der Waals surface area contributed by atoms with Crippen LogP contribution >= 0.6 is 7.14 Å². The minimum atomic E-state index is -3.15. The third-order valence-electron chi connectivity index (χ3n) is 11.3. The molecule has 61 heavy (non-hydrogen) atoms. The van der Waals surface area contributed by atoms with Crippen LogP contribution in [0.3, 0.4) is 0 Å². The zero-order valence-corrected chi connectivity index (χ0v) is 38.1. The van der Waals surface area contributed by atoms with Gasteiger partial charge in [0, 0.05) is 36.1 Å². The van der Waals surface area contributed by atoms with E-state index in [1.807, 2.05) is 60.7 Å². The molecule has 1 aromatic heterocycles. The summed E-state index contributed by atoms with van der Waals surface area (Å²) < 4.78 is 15.1. The van der Waals surface area contributed by atoms with Crippen molar-refractivity contribution in [3.05, 3.63) is 217 Å². The minimum Gasteiger partial charge on any atom is -0.311 e. The Morgan fingerprint density at radius 1 is 0.574 bits per heavy atom. The number of pyridine rings is 1. The van der Waals surface area contributed by atoms with E-state index in [2.05, 4.69) is 167 Å². The third kappa shape index (κ3) is 8.66. The number of rotatable bonds is 7. The van der Waals surface area contributed by atoms with Crippen LogP contribution in [-0.4, -0.2) is 4.98 Å². The normalized spacial score (nSPS) is 11.4. The molecule has 0 bridgehead atoms. The zero-order valence-electron chi connectivity index (χ0n) is 34.8. The van der Waals surface area contributed by atoms with Crippen LogP contribution in [0.25, 0.3) is 65.6 Å². The first kappa shape index (κ1) is 41.8. The first-order chi connectivity index (χ1) is 29.2. The van der Waals surface area contributed by atoms with Crippen LogP contribution in [0.4, 0.5) is 0 Å². The molecule has 0 aliphatic heterocycles. The Hall–Kier alpha value is -5.95. The molecule has 1 heterocycles. The summed E-state index contributed by atoms with van der Waals surface area (Å²) in [4.78, 5) is 5.00. The second-order valence-electron chi connectivity index (χ2n) is 16.2. The molecule has 1 radical (unpaired) electrons. The van der Waals surface area contributed by atoms with E-state index in [0.717, 1.165) is 77.0 Å². The van der Waals surface area contributed by atoms with Gasteiger partial charge in [-0.3, -0.25) is 4.98 Å². The molecule has 2 nitrogen and oxygen atoms in total. The monoisotopic (exact) mass is 984 g/mol. The van der Waals surface area contributed by atoms with E-state index in [9.17, 15) is 0 Å². The second kappa shape index (κ2) is 18.0. The smallest absolute Gasteiger partial charge is 0.147 e. The Kier molecular flexibility index (Phi) is 12.3. The molecule has 301 valence electrons. The fourth-order valence-electron chi connectivity index (χ4n) is 8.43. The molecule has 10 aromatic rings. The molecule has 9 aromatic carbocycles. The number of nitrogens with zero attached hydrogens (tertiary/aromatic N) is 1. The van der Waals surface area contributed by atoms with Crippen molar-refractivity contribution in [3.8, 4) is 22.4 Å². The molecular weight excluding hydrogens is 938 g/mol. The van der Waals surface area contributed by atoms with Gasteiger partial charge < -0.3 is 4.57 Å². The van der Waals surface area contributed by atoms with Gasteiger partial charge >= 0.3 is 0 Å². The van der Waals surface area contributed by atoms with Gasteiger partial charge in [-0.1, -0.05) is 173 Å². The van der Waals surface area contributed by atoms with Crippen molar-refractivity contribution < 1.29 is 24.7 Å². The van der Waals surface area contributed by atoms with Gasteiger partial charge in [-0.2, -0.15) is 18.2 Å². The largest absolute Gasteiger partial charge is 0.311 e. The summed E-state index contributed by atoms with van der Waals surface area (Å²) in [5.41, 5.74) is 9.48. The summed E-state index contributed by atoms with van der Waals surface area (Å²) in [6.45, 7) is 8.77. The van der Waals surface area contributed by atoms with Crippen LogP contribution < -0.4 is 15.9 Å². The molecule has 0 saturated carbocycles. The van der Waals surface area contributed by atoms with Crippen molar-refractivity contribution in [1.29, 1.82) is 0 Å². The Bertz CT molecular complexity index is 3010. The number of aryl methyl sites for hydroxylation is 2. The van der Waals surface area contributed by atoms with Crippen LogP contribution in [-0.2, 0) is 31.1 Å². The molecule has 0 atom stereocenters. The maximum Gasteiger partial charge on any atom is 0.147 e. The van der Waals surface area contributed by atoms with Crippen LogP contribution in [0.1, 0.15) is 30.5 Å². The third-order valence-corrected chi connectivity index (χ3v) is 14.2. The van der Waals surface area contributed by atoms with Crippen molar-refractivity contribution in [3.63, 3.8) is 0 Å². The van der Waals surface area contributed by atoms with E-state index in [0.29, 0.717) is 5.92 Å². The second-order valence-corrected chi connectivity index (χ2v) is 18.9. The van der Waals surface area contributed by atoms with Crippen LogP contribution in [0.2, 0.25) is 0 Å². The average molecular weight is 984 g/mol. The molecule has 0 aliphatic carbocycles. The number of benzene rings is 9. The topological polar surface area (TPSA) is 30.0 Å². The van der Waals surface area contributed by atoms with Gasteiger partial charge in [-0.25, -0.2) is 0 Å². The maximum absolute atomic E-state index is 15.1. The molecule has 0 aliphatic rings. The van der Waals surface area contributed by atoms with Crippen LogP contribution in [0.15, 0.2) is 188 Å². The van der Waals surface area contributed by atoms with E-state index in [-0.39, 0.29) is 20.1 Å². The summed E-state index contributed by atoms with van der Waals surface area (Å²) in [5.74, 6) is 0.584. The van der Waals surface area contributed by atoms with Crippen LogP contribution in [0.5, 0.6) is 0 Å². The van der Waals surface area contributed by atoms with E-state index in [4.69, 9.17) is 4.98 Å². The molecule has 0 fully saturated rings. The summed E-state index contributed by atoms with van der Waals surface area (Å²) in [5, 5.41) is 10.3. The summed E-state index contributed by atoms with van der Waals surface area (Å²) in [6.07, 6.45) is 1.04. The Labute approximate surface area is 373 Å². The van der Waals surface area contributed by atoms with E-state index in [1.165, 1.54) is 27.6 Å². The summed E-state index contributed by atoms with van der Waals surface area (Å²) >= 11 is 0. The summed E-state index contributed by atoms with van der Waals surface area (Å²) in [6, 6.07) is 71.5. The molecule has 0 N–H and O–H groups in total. The van der Waals surface area contributed by atoms with Gasteiger partial charge in [0.2, 0.25) is 0 Å². The fraction of sp³-hybridized carbons (Fsp3) is 0.105. The fourth-order valence-corrected chi connectivity index (χ4v) is 11.1. The summed E-state index contributed by atoms with van der Waals surface area (Å²) in [7, 11) is -3.15. The minimum absolute atomic E-state index is 0. The van der Waals surface area contributed by atoms with Gasteiger partial charge in [0.1, 0.15) is 7.14 Å². The van der Waals surface area contributed by atoms with Crippen molar-refractivity contribution in [2.45, 2.75) is 34.1 Å². The van der Waals surface area contributed by atoms with E-state index < -0.39 is 7.14 Å². The molecule has 0 spiro atoms. The van der Waals surface area contributed by atoms with Crippen molar-refractivity contribution in [1.82, 2.24) is 4.98 Å². The first-order valence-corrected chi connectivity index (χ1v) is 22.4.